The van der Waals surface area contributed by atoms with Gasteiger partial charge in [0.05, 0.1) is 27.2 Å². The van der Waals surface area contributed by atoms with Crippen LogP contribution in [0, 0.1) is 5.92 Å². The van der Waals surface area contributed by atoms with Crippen LogP contribution in [0.4, 0.5) is 13.2 Å². The van der Waals surface area contributed by atoms with Crippen LogP contribution in [0.15, 0.2) is 30.0 Å². The number of carbonyl (C=O) groups excluding carboxylic acids is 1. The molecule has 0 N–H and O–H groups in total. The van der Waals surface area contributed by atoms with Crippen molar-refractivity contribution >= 4 is 5.91 Å². The number of hydrogen-bond acceptors (Lipinski definition) is 3. The van der Waals surface area contributed by atoms with Crippen LogP contribution in [-0.2, 0) is 11.3 Å². The number of rotatable bonds is 5. The van der Waals surface area contributed by atoms with Crippen LogP contribution in [0.5, 0.6) is 11.5 Å². The lowest BCUT2D eigenvalue weighted by molar-refractivity contribution is -0.140. The number of ether oxygens (including phenoxy) is 2. The molecule has 132 valence electrons. The van der Waals surface area contributed by atoms with Crippen LogP contribution in [0.2, 0.25) is 0 Å². The summed E-state index contributed by atoms with van der Waals surface area (Å²) in [5.41, 5.74) is 0.610. The van der Waals surface area contributed by atoms with E-state index in [0.717, 1.165) is 0 Å². The molecule has 1 aliphatic rings. The van der Waals surface area contributed by atoms with Crippen molar-refractivity contribution in [1.82, 2.24) is 4.90 Å². The Balaban J connectivity index is 2.31. The minimum Gasteiger partial charge on any atom is -0.497 e. The van der Waals surface area contributed by atoms with Gasteiger partial charge in [-0.15, -0.1) is 0 Å². The third-order valence-corrected chi connectivity index (χ3v) is 3.83. The van der Waals surface area contributed by atoms with E-state index in [1.165, 1.54) is 25.2 Å². The van der Waals surface area contributed by atoms with E-state index in [9.17, 15) is 18.0 Å². The zero-order valence-electron chi connectivity index (χ0n) is 13.8. The third-order valence-electron chi connectivity index (χ3n) is 3.83. The Labute approximate surface area is 138 Å². The summed E-state index contributed by atoms with van der Waals surface area (Å²) < 4.78 is 48.9. The monoisotopic (exact) mass is 343 g/mol. The first-order valence-electron chi connectivity index (χ1n) is 7.52. The summed E-state index contributed by atoms with van der Waals surface area (Å²) in [4.78, 5) is 13.5. The molecule has 4 nitrogen and oxygen atoms in total. The molecule has 0 spiro atoms. The summed E-state index contributed by atoms with van der Waals surface area (Å²) in [6.45, 7) is 1.76. The summed E-state index contributed by atoms with van der Waals surface area (Å²) in [5.74, 6) is 0.512. The van der Waals surface area contributed by atoms with Crippen molar-refractivity contribution in [2.24, 2.45) is 5.92 Å². The molecular formula is C17H20F3NO3. The minimum atomic E-state index is -4.37. The SMILES string of the molecule is COc1ccc(CN2C(=O)CC(C)C=C2CC(F)(F)F)c(OC)c1. The van der Waals surface area contributed by atoms with E-state index in [0.29, 0.717) is 17.1 Å². The highest BCUT2D eigenvalue weighted by atomic mass is 19.4. The molecule has 2 rings (SSSR count). The minimum absolute atomic E-state index is 0.0101. The standard InChI is InChI=1S/C17H20F3NO3/c1-11-6-13(9-17(18,19)20)21(16(22)7-11)10-12-4-5-14(23-2)8-15(12)24-3/h4-6,8,11H,7,9-10H2,1-3H3. The number of carbonyl (C=O) groups is 1. The van der Waals surface area contributed by atoms with Gasteiger partial charge in [0.1, 0.15) is 11.5 Å². The van der Waals surface area contributed by atoms with Crippen LogP contribution in [0.25, 0.3) is 0 Å². The Morgan fingerprint density at radius 1 is 1.25 bits per heavy atom. The zero-order chi connectivity index (χ0) is 17.9. The smallest absolute Gasteiger partial charge is 0.394 e. The second-order valence-corrected chi connectivity index (χ2v) is 5.79. The molecule has 0 fully saturated rings. The second kappa shape index (κ2) is 7.15. The Morgan fingerprint density at radius 2 is 1.96 bits per heavy atom. The average Bonchev–Trinajstić information content (AvgIpc) is 2.49. The molecule has 1 aromatic carbocycles. The van der Waals surface area contributed by atoms with Gasteiger partial charge in [0.15, 0.2) is 0 Å². The van der Waals surface area contributed by atoms with Crippen LogP contribution < -0.4 is 9.47 Å². The van der Waals surface area contributed by atoms with Crippen LogP contribution in [0.1, 0.15) is 25.3 Å². The fraction of sp³-hybridized carbons (Fsp3) is 0.471. The summed E-state index contributed by atoms with van der Waals surface area (Å²) in [7, 11) is 2.97. The first kappa shape index (κ1) is 18.2. The lowest BCUT2D eigenvalue weighted by Gasteiger charge is -2.32. The molecule has 1 heterocycles. The quantitative estimate of drug-likeness (QED) is 0.814. The van der Waals surface area contributed by atoms with Gasteiger partial charge in [-0.2, -0.15) is 13.2 Å². The van der Waals surface area contributed by atoms with E-state index < -0.39 is 12.6 Å². The van der Waals surface area contributed by atoms with Gasteiger partial charge in [-0.05, 0) is 18.1 Å². The lowest BCUT2D eigenvalue weighted by atomic mass is 9.98. The van der Waals surface area contributed by atoms with E-state index in [2.05, 4.69) is 0 Å². The van der Waals surface area contributed by atoms with Gasteiger partial charge >= 0.3 is 6.18 Å². The molecule has 0 radical (unpaired) electrons. The molecule has 0 aromatic heterocycles. The van der Waals surface area contributed by atoms with Gasteiger partial charge in [0.25, 0.3) is 0 Å². The molecular weight excluding hydrogens is 323 g/mol. The zero-order valence-corrected chi connectivity index (χ0v) is 13.8. The summed E-state index contributed by atoms with van der Waals surface area (Å²) >= 11 is 0. The molecule has 1 unspecified atom stereocenters. The molecule has 1 aliphatic heterocycles. The average molecular weight is 343 g/mol. The van der Waals surface area contributed by atoms with E-state index in [4.69, 9.17) is 9.47 Å². The summed E-state index contributed by atoms with van der Waals surface area (Å²) in [6, 6.07) is 5.01. The highest BCUT2D eigenvalue weighted by molar-refractivity contribution is 5.80. The normalized spacial score (nSPS) is 18.4. The Kier molecular flexibility index (Phi) is 5.41. The van der Waals surface area contributed by atoms with Gasteiger partial charge in [0, 0.05) is 23.7 Å². The van der Waals surface area contributed by atoms with E-state index in [1.54, 1.807) is 25.1 Å². The van der Waals surface area contributed by atoms with E-state index >= 15 is 0 Å². The number of amides is 1. The third kappa shape index (κ3) is 4.43. The van der Waals surface area contributed by atoms with Gasteiger partial charge in [-0.25, -0.2) is 0 Å². The number of hydrogen-bond donors (Lipinski definition) is 0. The fourth-order valence-electron chi connectivity index (χ4n) is 2.73. The molecule has 0 bridgehead atoms. The van der Waals surface area contributed by atoms with Crippen molar-refractivity contribution in [2.75, 3.05) is 14.2 Å². The molecule has 7 heteroatoms. The van der Waals surface area contributed by atoms with Crippen molar-refractivity contribution in [3.05, 3.63) is 35.5 Å². The second-order valence-electron chi connectivity index (χ2n) is 5.79. The number of halogens is 3. The largest absolute Gasteiger partial charge is 0.497 e. The van der Waals surface area contributed by atoms with Crippen molar-refractivity contribution in [3.8, 4) is 11.5 Å². The van der Waals surface area contributed by atoms with E-state index in [-0.39, 0.29) is 30.5 Å². The highest BCUT2D eigenvalue weighted by Crippen LogP contribution is 2.34. The van der Waals surface area contributed by atoms with Crippen LogP contribution in [0.3, 0.4) is 0 Å². The first-order valence-corrected chi connectivity index (χ1v) is 7.52. The number of allylic oxidation sites excluding steroid dienone is 2. The summed E-state index contributed by atoms with van der Waals surface area (Å²) in [5, 5.41) is 0. The number of methoxy groups -OCH3 is 2. The van der Waals surface area contributed by atoms with Gasteiger partial charge in [-0.1, -0.05) is 13.0 Å². The maximum absolute atomic E-state index is 12.8. The molecule has 0 aliphatic carbocycles. The number of alkyl halides is 3. The molecule has 1 amide bonds. The molecule has 0 saturated heterocycles. The van der Waals surface area contributed by atoms with Gasteiger partial charge in [-0.3, -0.25) is 4.79 Å². The maximum Gasteiger partial charge on any atom is 0.394 e. The predicted molar refractivity (Wildman–Crippen MR) is 82.6 cm³/mol. The molecule has 24 heavy (non-hydrogen) atoms. The Morgan fingerprint density at radius 3 is 2.54 bits per heavy atom. The maximum atomic E-state index is 12.8. The first-order chi connectivity index (χ1) is 11.2. The predicted octanol–water partition coefficient (Wildman–Crippen LogP) is 3.91. The van der Waals surface area contributed by atoms with Crippen molar-refractivity contribution < 1.29 is 27.4 Å². The van der Waals surface area contributed by atoms with Crippen molar-refractivity contribution in [3.63, 3.8) is 0 Å². The van der Waals surface area contributed by atoms with Crippen LogP contribution in [-0.4, -0.2) is 31.2 Å². The molecule has 0 saturated carbocycles. The Bertz CT molecular complexity index is 640. The number of benzene rings is 1. The van der Waals surface area contributed by atoms with Crippen molar-refractivity contribution in [2.45, 2.75) is 32.5 Å². The fourth-order valence-corrected chi connectivity index (χ4v) is 2.73. The van der Waals surface area contributed by atoms with Gasteiger partial charge in [0.2, 0.25) is 5.91 Å². The van der Waals surface area contributed by atoms with Gasteiger partial charge < -0.3 is 14.4 Å². The van der Waals surface area contributed by atoms with E-state index in [1.807, 2.05) is 0 Å². The topological polar surface area (TPSA) is 38.8 Å². The molecule has 1 atom stereocenters. The lowest BCUT2D eigenvalue weighted by Crippen LogP contribution is -2.36. The highest BCUT2D eigenvalue weighted by Gasteiger charge is 2.35. The molecule has 1 aromatic rings. The van der Waals surface area contributed by atoms with Crippen LogP contribution >= 0.6 is 0 Å². The summed E-state index contributed by atoms with van der Waals surface area (Å²) in [6.07, 6.45) is -3.78. The Hall–Kier alpha value is -2.18. The number of nitrogens with zero attached hydrogens (tertiary/aromatic N) is 1. The van der Waals surface area contributed by atoms with Crippen molar-refractivity contribution in [1.29, 1.82) is 0 Å².